The number of fused-ring (bicyclic) bond motifs is 4. The van der Waals surface area contributed by atoms with Crippen LogP contribution in [-0.4, -0.2) is 49.7 Å². The summed E-state index contributed by atoms with van der Waals surface area (Å²) in [6.45, 7) is 3.51. The number of carbonyl (C=O) groups is 1. The zero-order valence-electron chi connectivity index (χ0n) is 12.1. The molecule has 112 valence electrons. The van der Waals surface area contributed by atoms with E-state index in [-0.39, 0.29) is 11.9 Å². The first kappa shape index (κ1) is 12.2. The van der Waals surface area contributed by atoms with E-state index >= 15 is 0 Å². The Kier molecular flexibility index (Phi) is 2.41. The highest BCUT2D eigenvalue weighted by Crippen LogP contribution is 2.47. The molecule has 6 nitrogen and oxygen atoms in total. The van der Waals surface area contributed by atoms with E-state index in [0.717, 1.165) is 35.4 Å². The maximum atomic E-state index is 12.8. The Morgan fingerprint density at radius 3 is 3.09 bits per heavy atom. The number of para-hydroxylation sites is 1. The summed E-state index contributed by atoms with van der Waals surface area (Å²) in [6.07, 6.45) is 0. The SMILES string of the molecule is O=C1C2CNCCN2c2c3c(nc4ccccc24)OCCN13. The zero-order chi connectivity index (χ0) is 14.7. The molecule has 1 amide bonds. The fraction of sp³-hybridized carbons (Fsp3) is 0.375. The first-order valence-electron chi connectivity index (χ1n) is 7.69. The van der Waals surface area contributed by atoms with E-state index in [1.54, 1.807) is 0 Å². The molecule has 2 aromatic rings. The molecule has 6 heteroatoms. The molecule has 4 heterocycles. The van der Waals surface area contributed by atoms with Crippen molar-refractivity contribution in [3.63, 3.8) is 0 Å². The molecule has 0 saturated carbocycles. The van der Waals surface area contributed by atoms with E-state index in [9.17, 15) is 4.79 Å². The van der Waals surface area contributed by atoms with Crippen LogP contribution in [-0.2, 0) is 4.79 Å². The molecule has 1 saturated heterocycles. The molecule has 0 aliphatic carbocycles. The largest absolute Gasteiger partial charge is 0.474 e. The van der Waals surface area contributed by atoms with Crippen LogP contribution < -0.4 is 19.9 Å². The first-order valence-corrected chi connectivity index (χ1v) is 7.69. The highest BCUT2D eigenvalue weighted by atomic mass is 16.5. The number of anilines is 2. The molecule has 22 heavy (non-hydrogen) atoms. The normalized spacial score (nSPS) is 23.1. The molecule has 3 aliphatic rings. The number of ether oxygens (including phenoxy) is 1. The van der Waals surface area contributed by atoms with Gasteiger partial charge < -0.3 is 19.9 Å². The van der Waals surface area contributed by atoms with Gasteiger partial charge in [0.15, 0.2) is 0 Å². The van der Waals surface area contributed by atoms with Gasteiger partial charge in [-0.1, -0.05) is 18.2 Å². The molecule has 1 fully saturated rings. The van der Waals surface area contributed by atoms with Crippen molar-refractivity contribution in [2.75, 3.05) is 42.6 Å². The van der Waals surface area contributed by atoms with E-state index < -0.39 is 0 Å². The van der Waals surface area contributed by atoms with E-state index in [2.05, 4.69) is 21.3 Å². The third-order valence-corrected chi connectivity index (χ3v) is 4.71. The smallest absolute Gasteiger partial charge is 0.251 e. The third kappa shape index (κ3) is 1.47. The lowest BCUT2D eigenvalue weighted by atomic mass is 10.0. The van der Waals surface area contributed by atoms with Gasteiger partial charge >= 0.3 is 0 Å². The number of nitrogens with one attached hydrogen (secondary N) is 1. The second kappa shape index (κ2) is 4.33. The number of amides is 1. The lowest BCUT2D eigenvalue weighted by Crippen LogP contribution is -2.63. The number of hydrogen-bond donors (Lipinski definition) is 1. The number of rotatable bonds is 0. The Morgan fingerprint density at radius 1 is 1.23 bits per heavy atom. The Labute approximate surface area is 127 Å². The third-order valence-electron chi connectivity index (χ3n) is 4.71. The van der Waals surface area contributed by atoms with Crippen LogP contribution in [0.5, 0.6) is 5.88 Å². The van der Waals surface area contributed by atoms with Gasteiger partial charge in [-0.2, -0.15) is 0 Å². The van der Waals surface area contributed by atoms with Crippen LogP contribution in [0, 0.1) is 0 Å². The van der Waals surface area contributed by atoms with Crippen molar-refractivity contribution in [2.24, 2.45) is 0 Å². The number of aromatic nitrogens is 1. The van der Waals surface area contributed by atoms with Gasteiger partial charge in [-0.3, -0.25) is 4.79 Å². The van der Waals surface area contributed by atoms with Gasteiger partial charge in [0.05, 0.1) is 17.7 Å². The van der Waals surface area contributed by atoms with E-state index in [0.29, 0.717) is 25.6 Å². The zero-order valence-corrected chi connectivity index (χ0v) is 12.1. The summed E-state index contributed by atoms with van der Waals surface area (Å²) in [6, 6.07) is 7.96. The summed E-state index contributed by atoms with van der Waals surface area (Å²) in [5.41, 5.74) is 2.88. The van der Waals surface area contributed by atoms with Gasteiger partial charge in [0.1, 0.15) is 18.3 Å². The molecule has 1 atom stereocenters. The van der Waals surface area contributed by atoms with Crippen LogP contribution in [0.2, 0.25) is 0 Å². The molecular weight excluding hydrogens is 280 g/mol. The molecule has 1 unspecified atom stereocenters. The van der Waals surface area contributed by atoms with E-state index in [1.807, 2.05) is 23.1 Å². The van der Waals surface area contributed by atoms with Crippen LogP contribution in [0.15, 0.2) is 24.3 Å². The summed E-state index contributed by atoms with van der Waals surface area (Å²) >= 11 is 0. The number of carbonyl (C=O) groups excluding carboxylic acids is 1. The lowest BCUT2D eigenvalue weighted by molar-refractivity contribution is -0.120. The minimum absolute atomic E-state index is 0.127. The molecule has 1 aromatic carbocycles. The van der Waals surface area contributed by atoms with Crippen molar-refractivity contribution < 1.29 is 9.53 Å². The van der Waals surface area contributed by atoms with Crippen molar-refractivity contribution in [1.29, 1.82) is 0 Å². The Hall–Kier alpha value is -2.34. The van der Waals surface area contributed by atoms with Gasteiger partial charge in [-0.05, 0) is 6.07 Å². The van der Waals surface area contributed by atoms with Gasteiger partial charge in [0, 0.05) is 25.0 Å². The maximum absolute atomic E-state index is 12.8. The minimum atomic E-state index is -0.127. The molecule has 3 aliphatic heterocycles. The lowest BCUT2D eigenvalue weighted by Gasteiger charge is -2.47. The Morgan fingerprint density at radius 2 is 2.14 bits per heavy atom. The van der Waals surface area contributed by atoms with E-state index in [4.69, 9.17) is 4.74 Å². The monoisotopic (exact) mass is 296 g/mol. The highest BCUT2D eigenvalue weighted by Gasteiger charge is 2.43. The predicted octanol–water partition coefficient (Wildman–Crippen LogP) is 0.752. The Bertz CT molecular complexity index is 791. The van der Waals surface area contributed by atoms with Crippen LogP contribution in [0.3, 0.4) is 0 Å². The van der Waals surface area contributed by atoms with Crippen molar-refractivity contribution in [1.82, 2.24) is 10.3 Å². The van der Waals surface area contributed by atoms with Crippen LogP contribution >= 0.6 is 0 Å². The molecule has 0 radical (unpaired) electrons. The predicted molar refractivity (Wildman–Crippen MR) is 83.6 cm³/mol. The molecule has 0 bridgehead atoms. The van der Waals surface area contributed by atoms with Crippen LogP contribution in [0.4, 0.5) is 11.4 Å². The molecule has 0 spiro atoms. The minimum Gasteiger partial charge on any atom is -0.474 e. The molecular formula is C16H16N4O2. The maximum Gasteiger partial charge on any atom is 0.251 e. The molecule has 1 aromatic heterocycles. The summed E-state index contributed by atoms with van der Waals surface area (Å²) in [5.74, 6) is 0.742. The fourth-order valence-electron chi connectivity index (χ4n) is 3.74. The summed E-state index contributed by atoms with van der Waals surface area (Å²) in [5, 5.41) is 4.43. The van der Waals surface area contributed by atoms with Gasteiger partial charge in [-0.25, -0.2) is 4.98 Å². The van der Waals surface area contributed by atoms with Gasteiger partial charge in [0.2, 0.25) is 5.88 Å². The summed E-state index contributed by atoms with van der Waals surface area (Å²) in [7, 11) is 0. The summed E-state index contributed by atoms with van der Waals surface area (Å²) in [4.78, 5) is 21.6. The van der Waals surface area contributed by atoms with Gasteiger partial charge in [-0.15, -0.1) is 0 Å². The van der Waals surface area contributed by atoms with Crippen LogP contribution in [0.25, 0.3) is 10.9 Å². The van der Waals surface area contributed by atoms with Crippen molar-refractivity contribution >= 4 is 28.2 Å². The van der Waals surface area contributed by atoms with E-state index in [1.165, 1.54) is 0 Å². The number of piperazine rings is 1. The second-order valence-corrected chi connectivity index (χ2v) is 5.88. The number of pyridine rings is 1. The van der Waals surface area contributed by atoms with Crippen molar-refractivity contribution in [2.45, 2.75) is 6.04 Å². The molecule has 1 N–H and O–H groups in total. The topological polar surface area (TPSA) is 57.7 Å². The summed E-state index contributed by atoms with van der Waals surface area (Å²) < 4.78 is 5.76. The second-order valence-electron chi connectivity index (χ2n) is 5.88. The number of hydrogen-bond acceptors (Lipinski definition) is 5. The number of benzene rings is 1. The number of nitrogens with zero attached hydrogens (tertiary/aromatic N) is 3. The average Bonchev–Trinajstić information content (AvgIpc) is 2.58. The Balaban J connectivity index is 1.87. The standard InChI is InChI=1S/C16H16N4O2/c21-16-12-9-17-5-6-19(12)13-10-3-1-2-4-11(10)18-15-14(13)20(16)7-8-22-15/h1-4,12,17H,5-9H2. The van der Waals surface area contributed by atoms with Crippen molar-refractivity contribution in [3.8, 4) is 5.88 Å². The van der Waals surface area contributed by atoms with Crippen molar-refractivity contribution in [3.05, 3.63) is 24.3 Å². The molecule has 5 rings (SSSR count). The fourth-order valence-corrected chi connectivity index (χ4v) is 3.74. The quantitative estimate of drug-likeness (QED) is 0.777. The highest BCUT2D eigenvalue weighted by molar-refractivity contribution is 6.13. The van der Waals surface area contributed by atoms with Gasteiger partial charge in [0.25, 0.3) is 5.91 Å². The first-order chi connectivity index (χ1) is 10.8. The average molecular weight is 296 g/mol. The van der Waals surface area contributed by atoms with Crippen LogP contribution in [0.1, 0.15) is 0 Å².